The van der Waals surface area contributed by atoms with Gasteiger partial charge in [-0.3, -0.25) is 0 Å². The van der Waals surface area contributed by atoms with E-state index >= 15 is 0 Å². The van der Waals surface area contributed by atoms with Gasteiger partial charge in [-0.15, -0.1) is 0 Å². The summed E-state index contributed by atoms with van der Waals surface area (Å²) in [6.45, 7) is 6.18. The van der Waals surface area contributed by atoms with Gasteiger partial charge in [0.1, 0.15) is 0 Å². The highest BCUT2D eigenvalue weighted by Crippen LogP contribution is 2.25. The maximum absolute atomic E-state index is 5.91. The highest BCUT2D eigenvalue weighted by atomic mass is 35.5. The van der Waals surface area contributed by atoms with Crippen molar-refractivity contribution in [2.75, 3.05) is 0 Å². The summed E-state index contributed by atoms with van der Waals surface area (Å²) in [7, 11) is 0. The lowest BCUT2D eigenvalue weighted by Gasteiger charge is -2.17. The maximum atomic E-state index is 5.91. The molecule has 3 heteroatoms. The van der Waals surface area contributed by atoms with Gasteiger partial charge >= 0.3 is 0 Å². The van der Waals surface area contributed by atoms with Crippen LogP contribution in [0.1, 0.15) is 26.5 Å². The fourth-order valence-electron chi connectivity index (χ4n) is 0.825. The molecule has 0 aliphatic carbocycles. The smallest absolute Gasteiger partial charge is 0.0870 e. The zero-order valence-electron chi connectivity index (χ0n) is 6.93. The molecule has 0 N–H and O–H groups in total. The Kier molecular flexibility index (Phi) is 2.14. The van der Waals surface area contributed by atoms with Gasteiger partial charge in [0.15, 0.2) is 0 Å². The molecule has 0 atom stereocenters. The lowest BCUT2D eigenvalue weighted by molar-refractivity contribution is 0.559. The normalized spacial score (nSPS) is 11.6. The van der Waals surface area contributed by atoms with E-state index in [0.29, 0.717) is 5.02 Å². The van der Waals surface area contributed by atoms with Crippen molar-refractivity contribution in [1.29, 1.82) is 0 Å². The molecule has 1 aromatic heterocycles. The van der Waals surface area contributed by atoms with Gasteiger partial charge in [0.05, 0.1) is 16.9 Å². The van der Waals surface area contributed by atoms with E-state index in [1.165, 1.54) is 0 Å². The second-order valence-corrected chi connectivity index (χ2v) is 3.88. The van der Waals surface area contributed by atoms with Gasteiger partial charge in [0.25, 0.3) is 0 Å². The van der Waals surface area contributed by atoms with Crippen LogP contribution in [0.3, 0.4) is 0 Å². The highest BCUT2D eigenvalue weighted by molar-refractivity contribution is 6.31. The maximum Gasteiger partial charge on any atom is 0.0870 e. The summed E-state index contributed by atoms with van der Waals surface area (Å²) in [5, 5.41) is 8.43. The van der Waals surface area contributed by atoms with Crippen molar-refractivity contribution < 1.29 is 0 Å². The predicted octanol–water partition coefficient (Wildman–Crippen LogP) is 2.43. The summed E-state index contributed by atoms with van der Waals surface area (Å²) in [5.41, 5.74) is 0.826. The number of rotatable bonds is 0. The van der Waals surface area contributed by atoms with E-state index in [1.54, 1.807) is 12.3 Å². The first-order valence-electron chi connectivity index (χ1n) is 3.49. The van der Waals surface area contributed by atoms with Gasteiger partial charge < -0.3 is 0 Å². The molecule has 0 aromatic carbocycles. The monoisotopic (exact) mass is 170 g/mol. The molecule has 0 fully saturated rings. The lowest BCUT2D eigenvalue weighted by atomic mass is 9.92. The molecule has 0 amide bonds. The lowest BCUT2D eigenvalue weighted by Crippen LogP contribution is -2.14. The van der Waals surface area contributed by atoms with Crippen molar-refractivity contribution in [1.82, 2.24) is 10.2 Å². The Hall–Kier alpha value is -0.630. The van der Waals surface area contributed by atoms with E-state index < -0.39 is 0 Å². The summed E-state index contributed by atoms with van der Waals surface area (Å²) in [5.74, 6) is 0. The number of halogens is 1. The van der Waals surface area contributed by atoms with E-state index in [9.17, 15) is 0 Å². The molecule has 0 saturated carbocycles. The second-order valence-electron chi connectivity index (χ2n) is 3.48. The molecule has 60 valence electrons. The largest absolute Gasteiger partial charge is 0.159 e. The van der Waals surface area contributed by atoms with Crippen LogP contribution in [0.15, 0.2) is 12.3 Å². The standard InChI is InChI=1S/C8H11ClN2/c1-8(2,3)7-6(9)4-5-10-11-7/h4-5H,1-3H3. The Morgan fingerprint density at radius 1 is 1.36 bits per heavy atom. The van der Waals surface area contributed by atoms with Gasteiger partial charge in [0.2, 0.25) is 0 Å². The van der Waals surface area contributed by atoms with Gasteiger partial charge in [-0.2, -0.15) is 10.2 Å². The third kappa shape index (κ3) is 1.90. The number of hydrogen-bond acceptors (Lipinski definition) is 2. The molecule has 0 bridgehead atoms. The molecule has 0 aliphatic rings. The Balaban J connectivity index is 3.14. The first kappa shape index (κ1) is 8.47. The molecule has 1 aromatic rings. The molecular formula is C8H11ClN2. The van der Waals surface area contributed by atoms with E-state index in [0.717, 1.165) is 5.69 Å². The quantitative estimate of drug-likeness (QED) is 0.598. The van der Waals surface area contributed by atoms with Gasteiger partial charge in [-0.1, -0.05) is 32.4 Å². The molecule has 0 radical (unpaired) electrons. The van der Waals surface area contributed by atoms with Crippen LogP contribution in [0, 0.1) is 0 Å². The molecule has 0 aliphatic heterocycles. The van der Waals surface area contributed by atoms with Crippen molar-refractivity contribution in [3.8, 4) is 0 Å². The first-order chi connectivity index (χ1) is 5.02. The SMILES string of the molecule is CC(C)(C)c1nnccc1Cl. The summed E-state index contributed by atoms with van der Waals surface area (Å²) in [6.07, 6.45) is 1.59. The second kappa shape index (κ2) is 2.78. The van der Waals surface area contributed by atoms with E-state index in [2.05, 4.69) is 31.0 Å². The zero-order valence-corrected chi connectivity index (χ0v) is 7.68. The Morgan fingerprint density at radius 3 is 2.36 bits per heavy atom. The van der Waals surface area contributed by atoms with Crippen molar-refractivity contribution in [3.63, 3.8) is 0 Å². The minimum Gasteiger partial charge on any atom is -0.159 e. The minimum atomic E-state index is -0.0225. The Bertz CT molecular complexity index is 253. The summed E-state index contributed by atoms with van der Waals surface area (Å²) in [6, 6.07) is 1.76. The minimum absolute atomic E-state index is 0.0225. The van der Waals surface area contributed by atoms with Crippen LogP contribution in [-0.2, 0) is 5.41 Å². The predicted molar refractivity (Wildman–Crippen MR) is 45.7 cm³/mol. The molecule has 0 spiro atoms. The van der Waals surface area contributed by atoms with Crippen molar-refractivity contribution >= 4 is 11.6 Å². The highest BCUT2D eigenvalue weighted by Gasteiger charge is 2.18. The van der Waals surface area contributed by atoms with Crippen LogP contribution in [-0.4, -0.2) is 10.2 Å². The average molecular weight is 171 g/mol. The van der Waals surface area contributed by atoms with Crippen molar-refractivity contribution in [3.05, 3.63) is 23.0 Å². The average Bonchev–Trinajstić information content (AvgIpc) is 1.86. The van der Waals surface area contributed by atoms with E-state index in [1.807, 2.05) is 0 Å². The molecule has 0 unspecified atom stereocenters. The van der Waals surface area contributed by atoms with Crippen molar-refractivity contribution in [2.24, 2.45) is 0 Å². The summed E-state index contributed by atoms with van der Waals surface area (Å²) >= 11 is 5.91. The fraction of sp³-hybridized carbons (Fsp3) is 0.500. The van der Waals surface area contributed by atoms with Crippen LogP contribution in [0.2, 0.25) is 5.02 Å². The number of aromatic nitrogens is 2. The summed E-state index contributed by atoms with van der Waals surface area (Å²) < 4.78 is 0. The number of hydrogen-bond donors (Lipinski definition) is 0. The Labute approximate surface area is 71.6 Å². The zero-order chi connectivity index (χ0) is 8.48. The molecule has 1 rings (SSSR count). The van der Waals surface area contributed by atoms with Crippen LogP contribution >= 0.6 is 11.6 Å². The van der Waals surface area contributed by atoms with Crippen LogP contribution in [0.5, 0.6) is 0 Å². The summed E-state index contributed by atoms with van der Waals surface area (Å²) in [4.78, 5) is 0. The van der Waals surface area contributed by atoms with Crippen LogP contribution in [0.25, 0.3) is 0 Å². The van der Waals surface area contributed by atoms with Crippen LogP contribution < -0.4 is 0 Å². The third-order valence-electron chi connectivity index (χ3n) is 1.38. The van der Waals surface area contributed by atoms with Gasteiger partial charge in [0, 0.05) is 5.41 Å². The Morgan fingerprint density at radius 2 is 2.00 bits per heavy atom. The van der Waals surface area contributed by atoms with E-state index in [4.69, 9.17) is 11.6 Å². The number of nitrogens with zero attached hydrogens (tertiary/aromatic N) is 2. The van der Waals surface area contributed by atoms with Gasteiger partial charge in [-0.25, -0.2) is 0 Å². The topological polar surface area (TPSA) is 25.8 Å². The fourth-order valence-corrected chi connectivity index (χ4v) is 1.20. The third-order valence-corrected chi connectivity index (χ3v) is 1.69. The molecule has 0 saturated heterocycles. The molecular weight excluding hydrogens is 160 g/mol. The van der Waals surface area contributed by atoms with E-state index in [-0.39, 0.29) is 5.41 Å². The first-order valence-corrected chi connectivity index (χ1v) is 3.87. The molecule has 2 nitrogen and oxygen atoms in total. The van der Waals surface area contributed by atoms with Crippen LogP contribution in [0.4, 0.5) is 0 Å². The molecule has 11 heavy (non-hydrogen) atoms. The molecule has 1 heterocycles. The van der Waals surface area contributed by atoms with Gasteiger partial charge in [-0.05, 0) is 6.07 Å². The van der Waals surface area contributed by atoms with Crippen molar-refractivity contribution in [2.45, 2.75) is 26.2 Å².